The first-order valence-corrected chi connectivity index (χ1v) is 3.93. The van der Waals surface area contributed by atoms with E-state index in [9.17, 15) is 0 Å². The zero-order chi connectivity index (χ0) is 7.68. The van der Waals surface area contributed by atoms with Gasteiger partial charge in [-0.1, -0.05) is 49.0 Å². The van der Waals surface area contributed by atoms with Gasteiger partial charge in [-0.3, -0.25) is 0 Å². The minimum atomic E-state index is 0.941. The van der Waals surface area contributed by atoms with Crippen LogP contribution in [0.3, 0.4) is 0 Å². The van der Waals surface area contributed by atoms with Crippen molar-refractivity contribution in [2.24, 2.45) is 0 Å². The van der Waals surface area contributed by atoms with E-state index in [0.29, 0.717) is 0 Å². The predicted molar refractivity (Wildman–Crippen MR) is 48.9 cm³/mol. The molecule has 0 aromatic rings. The van der Waals surface area contributed by atoms with E-state index in [4.69, 9.17) is 12.6 Å². The number of fused-ring (bicyclic) bond motifs is 1. The van der Waals surface area contributed by atoms with Crippen LogP contribution in [-0.4, -0.2) is 0 Å². The quantitative estimate of drug-likeness (QED) is 0.553. The summed E-state index contributed by atoms with van der Waals surface area (Å²) < 4.78 is 0. The van der Waals surface area contributed by atoms with Crippen LogP contribution in [-0.2, 0) is 0 Å². The molecule has 0 nitrogen and oxygen atoms in total. The molecule has 2 rings (SSSR count). The third kappa shape index (κ3) is 1.08. The van der Waals surface area contributed by atoms with Crippen molar-refractivity contribution < 1.29 is 0 Å². The lowest BCUT2D eigenvalue weighted by molar-refractivity contribution is 1.59. The maximum atomic E-state index is 5.13. The molecule has 0 spiro atoms. The summed E-state index contributed by atoms with van der Waals surface area (Å²) >= 11 is 5.13. The molecule has 2 aliphatic rings. The van der Waals surface area contributed by atoms with E-state index >= 15 is 0 Å². The molecule has 0 saturated heterocycles. The Morgan fingerprint density at radius 2 is 1.64 bits per heavy atom. The second-order valence-electron chi connectivity index (χ2n) is 2.48. The molecule has 0 atom stereocenters. The molecule has 11 heavy (non-hydrogen) atoms. The molecule has 0 fully saturated rings. The van der Waals surface area contributed by atoms with Gasteiger partial charge in [-0.05, 0) is 17.2 Å². The van der Waals surface area contributed by atoms with Gasteiger partial charge in [0.2, 0.25) is 0 Å². The molecule has 2 aliphatic carbocycles. The fraction of sp³-hybridized carbons (Fsp3) is 0. The first kappa shape index (κ1) is 6.62. The van der Waals surface area contributed by atoms with E-state index in [1.807, 2.05) is 24.3 Å². The SMILES string of the molecule is [S]c1ccc2cccccc1-2. The lowest BCUT2D eigenvalue weighted by Crippen LogP contribution is -1.64. The lowest BCUT2D eigenvalue weighted by Gasteiger charge is -1.89. The average molecular weight is 159 g/mol. The van der Waals surface area contributed by atoms with Crippen molar-refractivity contribution in [1.29, 1.82) is 0 Å². The molecule has 0 bridgehead atoms. The Bertz CT molecular complexity index is 341. The van der Waals surface area contributed by atoms with Gasteiger partial charge in [0.05, 0.1) is 0 Å². The Labute approximate surface area is 71.6 Å². The molecule has 53 valence electrons. The summed E-state index contributed by atoms with van der Waals surface area (Å²) in [6.07, 6.45) is 0. The van der Waals surface area contributed by atoms with E-state index in [1.165, 1.54) is 11.1 Å². The summed E-state index contributed by atoms with van der Waals surface area (Å²) in [7, 11) is 0. The highest BCUT2D eigenvalue weighted by Gasteiger charge is 2.03. The molecule has 0 aliphatic heterocycles. The van der Waals surface area contributed by atoms with Crippen LogP contribution < -0.4 is 0 Å². The van der Waals surface area contributed by atoms with Crippen molar-refractivity contribution in [3.05, 3.63) is 42.5 Å². The highest BCUT2D eigenvalue weighted by molar-refractivity contribution is 7.80. The molecule has 0 N–H and O–H groups in total. The highest BCUT2D eigenvalue weighted by Crippen LogP contribution is 2.28. The van der Waals surface area contributed by atoms with Crippen molar-refractivity contribution in [3.63, 3.8) is 0 Å². The first-order valence-electron chi connectivity index (χ1n) is 3.53. The van der Waals surface area contributed by atoms with Crippen LogP contribution in [0.5, 0.6) is 0 Å². The first-order chi connectivity index (χ1) is 5.38. The third-order valence-electron chi connectivity index (χ3n) is 1.75. The second kappa shape index (κ2) is 2.51. The van der Waals surface area contributed by atoms with Gasteiger partial charge in [0, 0.05) is 4.90 Å². The van der Waals surface area contributed by atoms with Crippen LogP contribution in [0, 0.1) is 0 Å². The molecule has 0 aromatic carbocycles. The highest BCUT2D eigenvalue weighted by atomic mass is 32.1. The average Bonchev–Trinajstić information content (AvgIpc) is 2.25. The van der Waals surface area contributed by atoms with E-state index < -0.39 is 0 Å². The normalized spacial score (nSPS) is 10.2. The van der Waals surface area contributed by atoms with Crippen LogP contribution in [0.2, 0.25) is 0 Å². The Morgan fingerprint density at radius 1 is 0.818 bits per heavy atom. The lowest BCUT2D eigenvalue weighted by atomic mass is 10.2. The molecule has 1 heteroatoms. The van der Waals surface area contributed by atoms with Crippen molar-refractivity contribution in [2.75, 3.05) is 0 Å². The topological polar surface area (TPSA) is 0 Å². The molecular weight excluding hydrogens is 152 g/mol. The fourth-order valence-electron chi connectivity index (χ4n) is 1.19. The summed E-state index contributed by atoms with van der Waals surface area (Å²) in [6.45, 7) is 0. The van der Waals surface area contributed by atoms with Crippen molar-refractivity contribution in [3.8, 4) is 11.1 Å². The molecule has 0 saturated carbocycles. The summed E-state index contributed by atoms with van der Waals surface area (Å²) in [5, 5.41) is 0. The Balaban J connectivity index is 2.75. The van der Waals surface area contributed by atoms with Crippen LogP contribution >= 0.6 is 12.6 Å². The van der Waals surface area contributed by atoms with Gasteiger partial charge in [-0.15, -0.1) is 0 Å². The van der Waals surface area contributed by atoms with Gasteiger partial charge in [0.15, 0.2) is 0 Å². The van der Waals surface area contributed by atoms with Crippen LogP contribution in [0.15, 0.2) is 47.4 Å². The Kier molecular flexibility index (Phi) is 1.51. The van der Waals surface area contributed by atoms with E-state index in [2.05, 4.69) is 18.2 Å². The van der Waals surface area contributed by atoms with Gasteiger partial charge in [-0.2, -0.15) is 0 Å². The van der Waals surface area contributed by atoms with Gasteiger partial charge < -0.3 is 0 Å². The van der Waals surface area contributed by atoms with Crippen LogP contribution in [0.25, 0.3) is 11.1 Å². The van der Waals surface area contributed by atoms with Crippen molar-refractivity contribution in [1.82, 2.24) is 0 Å². The summed E-state index contributed by atoms with van der Waals surface area (Å²) in [5.41, 5.74) is 2.39. The maximum Gasteiger partial charge on any atom is 0.0455 e. The Morgan fingerprint density at radius 3 is 2.55 bits per heavy atom. The summed E-state index contributed by atoms with van der Waals surface area (Å²) in [4.78, 5) is 0.941. The fourth-order valence-corrected chi connectivity index (χ4v) is 1.44. The molecule has 0 aromatic heterocycles. The monoisotopic (exact) mass is 159 g/mol. The van der Waals surface area contributed by atoms with Crippen molar-refractivity contribution >= 4 is 12.6 Å². The predicted octanol–water partition coefficient (Wildman–Crippen LogP) is 3.35. The van der Waals surface area contributed by atoms with Crippen molar-refractivity contribution in [2.45, 2.75) is 4.90 Å². The van der Waals surface area contributed by atoms with E-state index in [1.54, 1.807) is 0 Å². The maximum absolute atomic E-state index is 5.13. The number of rotatable bonds is 0. The second-order valence-corrected chi connectivity index (χ2v) is 2.92. The molecular formula is C10H7S. The molecule has 1 radical (unpaired) electrons. The van der Waals surface area contributed by atoms with Gasteiger partial charge in [-0.25, -0.2) is 0 Å². The minimum Gasteiger partial charge on any atom is -0.0794 e. The standard InChI is InChI=1S/C10H7S/c11-10-7-6-8-4-2-1-3-5-9(8)10/h1-7H. The van der Waals surface area contributed by atoms with Gasteiger partial charge in [0.1, 0.15) is 0 Å². The minimum absolute atomic E-state index is 0.941. The zero-order valence-electron chi connectivity index (χ0n) is 5.95. The summed E-state index contributed by atoms with van der Waals surface area (Å²) in [6, 6.07) is 14.2. The third-order valence-corrected chi connectivity index (χ3v) is 2.11. The van der Waals surface area contributed by atoms with Gasteiger partial charge in [0.25, 0.3) is 0 Å². The van der Waals surface area contributed by atoms with Crippen LogP contribution in [0.4, 0.5) is 0 Å². The van der Waals surface area contributed by atoms with E-state index in [0.717, 1.165) is 4.90 Å². The largest absolute Gasteiger partial charge is 0.0794 e. The van der Waals surface area contributed by atoms with E-state index in [-0.39, 0.29) is 0 Å². The van der Waals surface area contributed by atoms with Crippen LogP contribution in [0.1, 0.15) is 0 Å². The van der Waals surface area contributed by atoms with Gasteiger partial charge >= 0.3 is 0 Å². The molecule has 0 unspecified atom stereocenters. The molecule has 0 amide bonds. The summed E-state index contributed by atoms with van der Waals surface area (Å²) in [5.74, 6) is 0. The smallest absolute Gasteiger partial charge is 0.0455 e. The zero-order valence-corrected chi connectivity index (χ0v) is 6.77. The number of hydrogen-bond acceptors (Lipinski definition) is 0. The number of hydrogen-bond donors (Lipinski definition) is 0. The Hall–Kier alpha value is -1.08. The molecule has 0 heterocycles.